The van der Waals surface area contributed by atoms with Crippen LogP contribution in [0.25, 0.3) is 0 Å². The Morgan fingerprint density at radius 3 is 2.69 bits per heavy atom. The zero-order valence-corrected chi connectivity index (χ0v) is 9.74. The second-order valence-electron chi connectivity index (χ2n) is 3.43. The van der Waals surface area contributed by atoms with E-state index in [0.717, 1.165) is 0 Å². The number of carbonyl (C=O) groups is 1. The Labute approximate surface area is 96.4 Å². The Kier molecular flexibility index (Phi) is 4.49. The van der Waals surface area contributed by atoms with E-state index >= 15 is 0 Å². The Morgan fingerprint density at radius 1 is 1.50 bits per heavy atom. The maximum Gasteiger partial charge on any atom is 0.319 e. The molecule has 1 aromatic carbocycles. The number of aromatic hydroxyl groups is 1. The van der Waals surface area contributed by atoms with Crippen LogP contribution in [0.1, 0.15) is 18.9 Å². The summed E-state index contributed by atoms with van der Waals surface area (Å²) in [6.07, 6.45) is 0.334. The molecule has 2 unspecified atom stereocenters. The summed E-state index contributed by atoms with van der Waals surface area (Å²) >= 11 is 0. The third-order valence-electron chi connectivity index (χ3n) is 2.18. The number of aliphatic carboxylic acids is 1. The van der Waals surface area contributed by atoms with Gasteiger partial charge in [0.05, 0.1) is 0 Å². The molecular weight excluding hydrogens is 228 g/mol. The molecule has 0 fully saturated rings. The fourth-order valence-electron chi connectivity index (χ4n) is 1.38. The van der Waals surface area contributed by atoms with Crippen LogP contribution < -0.4 is 0 Å². The number of hydrogen-bond acceptors (Lipinski definition) is 3. The summed E-state index contributed by atoms with van der Waals surface area (Å²) in [5, 5.41) is 17.2. The van der Waals surface area contributed by atoms with E-state index in [2.05, 4.69) is 0 Å². The summed E-state index contributed by atoms with van der Waals surface area (Å²) in [6, 6.07) is 6.36. The molecule has 88 valence electrons. The molecule has 0 saturated heterocycles. The Morgan fingerprint density at radius 2 is 2.19 bits per heavy atom. The fraction of sp³-hybridized carbons (Fsp3) is 0.364. The van der Waals surface area contributed by atoms with Gasteiger partial charge in [-0.1, -0.05) is 19.1 Å². The summed E-state index contributed by atoms with van der Waals surface area (Å²) in [5.41, 5.74) is 0.679. The highest BCUT2D eigenvalue weighted by Crippen LogP contribution is 2.15. The molecule has 0 aliphatic rings. The number of carboxylic acid groups (broad SMARTS) is 1. The van der Waals surface area contributed by atoms with Crippen LogP contribution in [0.3, 0.4) is 0 Å². The van der Waals surface area contributed by atoms with E-state index in [-0.39, 0.29) is 11.5 Å². The number of hydrogen-bond donors (Lipinski definition) is 2. The molecule has 1 rings (SSSR count). The van der Waals surface area contributed by atoms with E-state index in [9.17, 15) is 14.1 Å². The molecule has 0 amide bonds. The Hall–Kier alpha value is -1.36. The van der Waals surface area contributed by atoms with Gasteiger partial charge < -0.3 is 10.2 Å². The predicted octanol–water partition coefficient (Wildman–Crippen LogP) is 1.50. The number of phenols is 1. The molecule has 16 heavy (non-hydrogen) atoms. The van der Waals surface area contributed by atoms with Crippen molar-refractivity contribution in [3.05, 3.63) is 29.8 Å². The summed E-state index contributed by atoms with van der Waals surface area (Å²) < 4.78 is 11.7. The van der Waals surface area contributed by atoms with Crippen molar-refractivity contribution in [2.24, 2.45) is 0 Å². The number of benzene rings is 1. The highest BCUT2D eigenvalue weighted by Gasteiger charge is 2.22. The van der Waals surface area contributed by atoms with Gasteiger partial charge in [0.15, 0.2) is 0 Å². The monoisotopic (exact) mass is 242 g/mol. The molecule has 0 aromatic heterocycles. The first kappa shape index (κ1) is 12.7. The summed E-state index contributed by atoms with van der Waals surface area (Å²) in [7, 11) is -1.46. The number of phenolic OH excluding ortho intramolecular Hbond substituents is 1. The third kappa shape index (κ3) is 3.34. The minimum Gasteiger partial charge on any atom is -0.508 e. The average Bonchev–Trinajstić information content (AvgIpc) is 2.17. The number of rotatable bonds is 5. The fourth-order valence-corrected chi connectivity index (χ4v) is 2.69. The van der Waals surface area contributed by atoms with Crippen molar-refractivity contribution in [2.75, 3.05) is 0 Å². The van der Waals surface area contributed by atoms with Crippen LogP contribution in [-0.4, -0.2) is 25.6 Å². The summed E-state index contributed by atoms with van der Waals surface area (Å²) in [5.74, 6) is -0.794. The van der Waals surface area contributed by atoms with Gasteiger partial charge >= 0.3 is 5.97 Å². The summed E-state index contributed by atoms with van der Waals surface area (Å²) in [4.78, 5) is 10.8. The van der Waals surface area contributed by atoms with Gasteiger partial charge in [-0.05, 0) is 24.1 Å². The van der Waals surface area contributed by atoms with E-state index in [1.807, 2.05) is 0 Å². The van der Waals surface area contributed by atoms with E-state index in [1.165, 1.54) is 12.1 Å². The Bertz CT molecular complexity index is 403. The van der Waals surface area contributed by atoms with Crippen molar-refractivity contribution in [1.82, 2.24) is 0 Å². The average molecular weight is 242 g/mol. The van der Waals surface area contributed by atoms with Crippen LogP contribution >= 0.6 is 0 Å². The standard InChI is InChI=1S/C11H14O4S/c1-2-10(11(13)14)16(15)7-8-4-3-5-9(12)6-8/h3-6,10,12H,2,7H2,1H3,(H,13,14). The van der Waals surface area contributed by atoms with Crippen molar-refractivity contribution < 1.29 is 19.2 Å². The lowest BCUT2D eigenvalue weighted by Crippen LogP contribution is -2.25. The largest absolute Gasteiger partial charge is 0.508 e. The van der Waals surface area contributed by atoms with Gasteiger partial charge in [-0.25, -0.2) is 0 Å². The highest BCUT2D eigenvalue weighted by molar-refractivity contribution is 7.85. The van der Waals surface area contributed by atoms with Gasteiger partial charge in [0.25, 0.3) is 0 Å². The van der Waals surface area contributed by atoms with Gasteiger partial charge in [0.2, 0.25) is 0 Å². The lowest BCUT2D eigenvalue weighted by molar-refractivity contribution is -0.136. The zero-order valence-electron chi connectivity index (χ0n) is 8.92. The molecule has 0 aliphatic carbocycles. The van der Waals surface area contributed by atoms with Crippen LogP contribution in [0.4, 0.5) is 0 Å². The van der Waals surface area contributed by atoms with E-state index in [1.54, 1.807) is 19.1 Å². The molecule has 0 heterocycles. The quantitative estimate of drug-likeness (QED) is 0.820. The topological polar surface area (TPSA) is 74.6 Å². The first-order chi connectivity index (χ1) is 7.54. The van der Waals surface area contributed by atoms with Gasteiger partial charge in [0, 0.05) is 16.6 Å². The van der Waals surface area contributed by atoms with E-state index in [0.29, 0.717) is 12.0 Å². The molecule has 4 nitrogen and oxygen atoms in total. The molecule has 2 N–H and O–H groups in total. The summed E-state index contributed by atoms with van der Waals surface area (Å²) in [6.45, 7) is 1.69. The third-order valence-corrected chi connectivity index (χ3v) is 3.97. The highest BCUT2D eigenvalue weighted by atomic mass is 32.2. The number of carboxylic acids is 1. The van der Waals surface area contributed by atoms with Crippen molar-refractivity contribution in [2.45, 2.75) is 24.3 Å². The lowest BCUT2D eigenvalue weighted by atomic mass is 10.2. The minimum atomic E-state index is -1.46. The molecule has 0 spiro atoms. The first-order valence-corrected chi connectivity index (χ1v) is 6.30. The molecule has 0 radical (unpaired) electrons. The first-order valence-electron chi connectivity index (χ1n) is 4.92. The van der Waals surface area contributed by atoms with Crippen molar-refractivity contribution >= 4 is 16.8 Å². The van der Waals surface area contributed by atoms with Gasteiger partial charge in [-0.2, -0.15) is 0 Å². The van der Waals surface area contributed by atoms with Crippen molar-refractivity contribution in [3.63, 3.8) is 0 Å². The second kappa shape index (κ2) is 5.65. The normalized spacial score (nSPS) is 14.3. The van der Waals surface area contributed by atoms with Crippen molar-refractivity contribution in [3.8, 4) is 5.75 Å². The van der Waals surface area contributed by atoms with Crippen LogP contribution in [0, 0.1) is 0 Å². The maximum absolute atomic E-state index is 11.7. The molecule has 0 bridgehead atoms. The van der Waals surface area contributed by atoms with Crippen LogP contribution in [0.2, 0.25) is 0 Å². The molecular formula is C11H14O4S. The lowest BCUT2D eigenvalue weighted by Gasteiger charge is -2.09. The molecule has 5 heteroatoms. The predicted molar refractivity (Wildman–Crippen MR) is 61.7 cm³/mol. The van der Waals surface area contributed by atoms with Gasteiger partial charge in [-0.3, -0.25) is 9.00 Å². The van der Waals surface area contributed by atoms with Crippen LogP contribution in [0.15, 0.2) is 24.3 Å². The van der Waals surface area contributed by atoms with E-state index in [4.69, 9.17) is 5.11 Å². The van der Waals surface area contributed by atoms with Crippen LogP contribution in [0.5, 0.6) is 5.75 Å². The SMILES string of the molecule is CCC(C(=O)O)S(=O)Cc1cccc(O)c1. The van der Waals surface area contributed by atoms with Crippen molar-refractivity contribution in [1.29, 1.82) is 0 Å². The zero-order chi connectivity index (χ0) is 12.1. The Balaban J connectivity index is 2.74. The second-order valence-corrected chi connectivity index (χ2v) is 5.05. The van der Waals surface area contributed by atoms with E-state index < -0.39 is 22.0 Å². The minimum absolute atomic E-state index is 0.0953. The van der Waals surface area contributed by atoms with Gasteiger partial charge in [0.1, 0.15) is 11.0 Å². The molecule has 2 atom stereocenters. The maximum atomic E-state index is 11.7. The molecule has 0 aliphatic heterocycles. The van der Waals surface area contributed by atoms with Crippen LogP contribution in [-0.2, 0) is 21.3 Å². The smallest absolute Gasteiger partial charge is 0.319 e. The molecule has 0 saturated carbocycles. The van der Waals surface area contributed by atoms with Gasteiger partial charge in [-0.15, -0.1) is 0 Å². The molecule has 1 aromatic rings.